The zero-order chi connectivity index (χ0) is 19.3. The molecule has 0 bridgehead atoms. The molecule has 0 aromatic carbocycles. The van der Waals surface area contributed by atoms with Crippen LogP contribution in [0.4, 0.5) is 13.2 Å². The van der Waals surface area contributed by atoms with E-state index >= 15 is 0 Å². The zero-order valence-corrected chi connectivity index (χ0v) is 18.1. The third kappa shape index (κ3) is 5.95. The maximum atomic E-state index is 13.0. The molecule has 1 aliphatic carbocycles. The lowest BCUT2D eigenvalue weighted by Crippen LogP contribution is -2.46. The molecule has 0 aliphatic heterocycles. The van der Waals surface area contributed by atoms with E-state index in [0.717, 1.165) is 17.9 Å². The first-order valence-corrected chi connectivity index (χ1v) is 9.37. The average molecular weight is 510 g/mol. The van der Waals surface area contributed by atoms with E-state index in [2.05, 4.69) is 25.8 Å². The van der Waals surface area contributed by atoms with Crippen LogP contribution >= 0.6 is 24.0 Å². The van der Waals surface area contributed by atoms with Crippen LogP contribution in [0.5, 0.6) is 0 Å². The van der Waals surface area contributed by atoms with Gasteiger partial charge in [-0.15, -0.1) is 34.2 Å². The Morgan fingerprint density at radius 2 is 2.11 bits per heavy atom. The van der Waals surface area contributed by atoms with Crippen LogP contribution in [0.1, 0.15) is 38.4 Å². The Morgan fingerprint density at radius 3 is 2.86 bits per heavy atom. The van der Waals surface area contributed by atoms with Gasteiger partial charge in [-0.3, -0.25) is 9.39 Å². The van der Waals surface area contributed by atoms with Gasteiger partial charge in [0.25, 0.3) is 0 Å². The Bertz CT molecular complexity index is 776. The van der Waals surface area contributed by atoms with E-state index in [1.165, 1.54) is 0 Å². The van der Waals surface area contributed by atoms with Gasteiger partial charge in [0.15, 0.2) is 11.6 Å². The molecule has 6 nitrogen and oxygen atoms in total. The van der Waals surface area contributed by atoms with Crippen molar-refractivity contribution >= 4 is 35.6 Å². The fourth-order valence-corrected chi connectivity index (χ4v) is 3.46. The second-order valence-corrected chi connectivity index (χ2v) is 6.80. The minimum absolute atomic E-state index is 0. The molecule has 0 amide bonds. The molecule has 28 heavy (non-hydrogen) atoms. The number of nitrogens with zero attached hydrogens (tertiary/aromatic N) is 4. The highest BCUT2D eigenvalue weighted by molar-refractivity contribution is 14.0. The molecule has 156 valence electrons. The topological polar surface area (TPSA) is 66.6 Å². The molecule has 0 spiro atoms. The summed E-state index contributed by atoms with van der Waals surface area (Å²) in [6.07, 6.45) is -0.00382. The smallest absolute Gasteiger partial charge is 0.357 e. The van der Waals surface area contributed by atoms with E-state index in [1.807, 2.05) is 35.7 Å². The van der Waals surface area contributed by atoms with Crippen LogP contribution in [-0.2, 0) is 6.42 Å². The highest BCUT2D eigenvalue weighted by Crippen LogP contribution is 2.37. The molecule has 0 saturated heterocycles. The number of pyridine rings is 1. The number of fused-ring (bicyclic) bond motifs is 1. The lowest BCUT2D eigenvalue weighted by atomic mass is 9.85. The van der Waals surface area contributed by atoms with Crippen molar-refractivity contribution in [3.8, 4) is 0 Å². The van der Waals surface area contributed by atoms with Gasteiger partial charge in [-0.25, -0.2) is 0 Å². The van der Waals surface area contributed by atoms with E-state index in [0.29, 0.717) is 31.9 Å². The molecule has 0 radical (unpaired) electrons. The number of nitrogens with one attached hydrogen (secondary N) is 2. The fraction of sp³-hybridized carbons (Fsp3) is 0.611. The van der Waals surface area contributed by atoms with Crippen molar-refractivity contribution < 1.29 is 13.2 Å². The fourth-order valence-electron chi connectivity index (χ4n) is 3.46. The number of hydrogen-bond acceptors (Lipinski definition) is 3. The highest BCUT2D eigenvalue weighted by Gasteiger charge is 2.42. The lowest BCUT2D eigenvalue weighted by molar-refractivity contribution is -0.183. The summed E-state index contributed by atoms with van der Waals surface area (Å²) in [6, 6.07) is 5.48. The van der Waals surface area contributed by atoms with E-state index in [-0.39, 0.29) is 42.9 Å². The van der Waals surface area contributed by atoms with Crippen molar-refractivity contribution in [2.45, 2.75) is 51.2 Å². The molecule has 3 rings (SSSR count). The van der Waals surface area contributed by atoms with Gasteiger partial charge in [0.05, 0.1) is 5.92 Å². The number of aliphatic imine (C=N–C) groups is 1. The normalized spacial score (nSPS) is 20.6. The van der Waals surface area contributed by atoms with Gasteiger partial charge in [0, 0.05) is 31.7 Å². The number of aromatic nitrogens is 3. The standard InChI is InChI=1S/C18H25F3N6.HI/c1-2-22-17(24-14-7-5-6-13(12-14)18(19,20)21)23-10-9-16-26-25-15-8-3-4-11-27(15)16;/h3-4,8,11,13-14H,2,5-7,9-10,12H2,1H3,(H2,22,23,24);1H. The van der Waals surface area contributed by atoms with E-state index in [4.69, 9.17) is 0 Å². The van der Waals surface area contributed by atoms with Crippen LogP contribution in [0.15, 0.2) is 29.4 Å². The van der Waals surface area contributed by atoms with Crippen LogP contribution in [-0.4, -0.2) is 45.9 Å². The minimum atomic E-state index is -4.12. The Labute approximate surface area is 179 Å². The Kier molecular flexibility index (Phi) is 8.32. The number of hydrogen-bond donors (Lipinski definition) is 2. The second kappa shape index (κ2) is 10.3. The van der Waals surface area contributed by atoms with E-state index < -0.39 is 12.1 Å². The van der Waals surface area contributed by atoms with Crippen LogP contribution in [0.3, 0.4) is 0 Å². The number of guanidine groups is 1. The first kappa shape index (κ1) is 22.7. The third-order valence-electron chi connectivity index (χ3n) is 4.81. The Hall–Kier alpha value is -1.59. The van der Waals surface area contributed by atoms with Gasteiger partial charge in [0.1, 0.15) is 5.82 Å². The maximum absolute atomic E-state index is 13.0. The van der Waals surface area contributed by atoms with Gasteiger partial charge in [-0.05, 0) is 38.3 Å². The predicted octanol–water partition coefficient (Wildman–Crippen LogP) is 3.57. The third-order valence-corrected chi connectivity index (χ3v) is 4.81. The van der Waals surface area contributed by atoms with Gasteiger partial charge < -0.3 is 10.6 Å². The summed E-state index contributed by atoms with van der Waals surface area (Å²) in [6.45, 7) is 3.05. The molecule has 2 aromatic heterocycles. The van der Waals surface area contributed by atoms with Crippen LogP contribution in [0, 0.1) is 5.92 Å². The average Bonchev–Trinajstić information content (AvgIpc) is 3.05. The van der Waals surface area contributed by atoms with Gasteiger partial charge in [-0.2, -0.15) is 13.2 Å². The number of rotatable bonds is 5. The molecule has 1 fully saturated rings. The summed E-state index contributed by atoms with van der Waals surface area (Å²) >= 11 is 0. The maximum Gasteiger partial charge on any atom is 0.391 e. The molecule has 2 unspecified atom stereocenters. The molecular weight excluding hydrogens is 484 g/mol. The number of alkyl halides is 3. The molecular formula is C18H26F3IN6. The SMILES string of the molecule is CCNC(=NCCc1nnc2ccccn12)NC1CCCC(C(F)(F)F)C1.I. The summed E-state index contributed by atoms with van der Waals surface area (Å²) in [7, 11) is 0. The second-order valence-electron chi connectivity index (χ2n) is 6.80. The number of halogens is 4. The highest BCUT2D eigenvalue weighted by atomic mass is 127. The molecule has 1 saturated carbocycles. The predicted molar refractivity (Wildman–Crippen MR) is 113 cm³/mol. The monoisotopic (exact) mass is 510 g/mol. The molecule has 2 heterocycles. The summed E-state index contributed by atoms with van der Waals surface area (Å²) in [5.41, 5.74) is 0.780. The van der Waals surface area contributed by atoms with Crippen LogP contribution in [0.25, 0.3) is 5.65 Å². The summed E-state index contributed by atoms with van der Waals surface area (Å²) < 4.78 is 40.9. The zero-order valence-electron chi connectivity index (χ0n) is 15.7. The summed E-state index contributed by atoms with van der Waals surface area (Å²) in [5, 5.41) is 14.6. The molecule has 2 atom stereocenters. The Balaban J connectivity index is 0.00000280. The van der Waals surface area contributed by atoms with Gasteiger partial charge >= 0.3 is 6.18 Å². The van der Waals surface area contributed by atoms with Crippen molar-refractivity contribution in [3.05, 3.63) is 30.2 Å². The summed E-state index contributed by atoms with van der Waals surface area (Å²) in [4.78, 5) is 4.51. The summed E-state index contributed by atoms with van der Waals surface area (Å²) in [5.74, 6) is 0.133. The minimum Gasteiger partial charge on any atom is -0.357 e. The van der Waals surface area contributed by atoms with Crippen molar-refractivity contribution in [1.29, 1.82) is 0 Å². The lowest BCUT2D eigenvalue weighted by Gasteiger charge is -2.31. The molecule has 2 N–H and O–H groups in total. The van der Waals surface area contributed by atoms with Crippen molar-refractivity contribution in [3.63, 3.8) is 0 Å². The van der Waals surface area contributed by atoms with E-state index in [9.17, 15) is 13.2 Å². The van der Waals surface area contributed by atoms with Crippen molar-refractivity contribution in [2.24, 2.45) is 10.9 Å². The quantitative estimate of drug-likeness (QED) is 0.367. The molecule has 10 heteroatoms. The van der Waals surface area contributed by atoms with Crippen molar-refractivity contribution in [1.82, 2.24) is 25.2 Å². The van der Waals surface area contributed by atoms with Crippen molar-refractivity contribution in [2.75, 3.05) is 13.1 Å². The van der Waals surface area contributed by atoms with Gasteiger partial charge in [0.2, 0.25) is 0 Å². The van der Waals surface area contributed by atoms with Crippen LogP contribution in [0.2, 0.25) is 0 Å². The largest absolute Gasteiger partial charge is 0.391 e. The molecule has 2 aromatic rings. The van der Waals surface area contributed by atoms with E-state index in [1.54, 1.807) is 0 Å². The first-order chi connectivity index (χ1) is 13.0. The molecule has 1 aliphatic rings. The van der Waals surface area contributed by atoms with Crippen LogP contribution < -0.4 is 10.6 Å². The van der Waals surface area contributed by atoms with Gasteiger partial charge in [-0.1, -0.05) is 12.5 Å². The Morgan fingerprint density at radius 1 is 1.29 bits per heavy atom. The first-order valence-electron chi connectivity index (χ1n) is 9.37.